The van der Waals surface area contributed by atoms with Gasteiger partial charge in [0.1, 0.15) is 11.6 Å². The topological polar surface area (TPSA) is 25.4 Å². The summed E-state index contributed by atoms with van der Waals surface area (Å²) in [5, 5.41) is 0.860. The molecule has 0 saturated heterocycles. The molecule has 0 unspecified atom stereocenters. The maximum absolute atomic E-state index is 5.97. The van der Waals surface area contributed by atoms with Gasteiger partial charge in [0.2, 0.25) is 5.88 Å². The first-order chi connectivity index (χ1) is 7.74. The largest absolute Gasteiger partial charge is 0.475 e. The summed E-state index contributed by atoms with van der Waals surface area (Å²) in [7, 11) is 3.96. The van der Waals surface area contributed by atoms with Crippen molar-refractivity contribution in [2.24, 2.45) is 0 Å². The molecule has 0 radical (unpaired) electrons. The van der Waals surface area contributed by atoms with E-state index in [2.05, 4.69) is 23.7 Å². The van der Waals surface area contributed by atoms with Gasteiger partial charge in [0.05, 0.1) is 5.02 Å². The number of pyridine rings is 1. The molecule has 0 aliphatic carbocycles. The highest BCUT2D eigenvalue weighted by Gasteiger charge is 2.22. The molecule has 0 atom stereocenters. The quantitative estimate of drug-likeness (QED) is 0.791. The van der Waals surface area contributed by atoms with Crippen LogP contribution in [-0.2, 0) is 0 Å². The third-order valence-electron chi connectivity index (χ3n) is 2.63. The van der Waals surface area contributed by atoms with E-state index in [1.54, 1.807) is 0 Å². The van der Waals surface area contributed by atoms with Crippen LogP contribution in [0.1, 0.15) is 13.8 Å². The zero-order chi connectivity index (χ0) is 13.2. The molecule has 0 aliphatic heterocycles. The van der Waals surface area contributed by atoms with E-state index in [1.807, 2.05) is 14.1 Å². The van der Waals surface area contributed by atoms with Crippen molar-refractivity contribution in [2.75, 3.05) is 20.7 Å². The molecule has 1 heterocycles. The molecule has 3 nitrogen and oxygen atoms in total. The van der Waals surface area contributed by atoms with Crippen molar-refractivity contribution >= 4 is 34.8 Å². The maximum Gasteiger partial charge on any atom is 0.234 e. The average molecular weight is 298 g/mol. The number of hydrogen-bond donors (Lipinski definition) is 0. The van der Waals surface area contributed by atoms with Crippen LogP contribution in [0.2, 0.25) is 15.2 Å². The number of likely N-dealkylation sites (N-methyl/N-ethyl adjacent to an activating group) is 1. The molecule has 0 spiro atoms. The third-order valence-corrected chi connectivity index (χ3v) is 3.57. The maximum atomic E-state index is 5.97. The molecule has 0 bridgehead atoms. The summed E-state index contributed by atoms with van der Waals surface area (Å²) in [6.45, 7) is 4.56. The van der Waals surface area contributed by atoms with Gasteiger partial charge in [-0.15, -0.1) is 0 Å². The van der Waals surface area contributed by atoms with E-state index in [4.69, 9.17) is 39.5 Å². The van der Waals surface area contributed by atoms with Crippen molar-refractivity contribution in [1.29, 1.82) is 0 Å². The first kappa shape index (κ1) is 14.8. The lowest BCUT2D eigenvalue weighted by molar-refractivity contribution is 0.111. The Labute approximate surface area is 117 Å². The van der Waals surface area contributed by atoms with Gasteiger partial charge < -0.3 is 9.64 Å². The highest BCUT2D eigenvalue weighted by Crippen LogP contribution is 2.30. The average Bonchev–Trinajstić information content (AvgIpc) is 2.21. The van der Waals surface area contributed by atoms with E-state index < -0.39 is 0 Å². The number of hydrogen-bond acceptors (Lipinski definition) is 3. The van der Waals surface area contributed by atoms with Gasteiger partial charge in [0.15, 0.2) is 5.15 Å². The molecule has 0 aliphatic rings. The van der Waals surface area contributed by atoms with Crippen LogP contribution in [0.25, 0.3) is 0 Å². The van der Waals surface area contributed by atoms with Crippen molar-refractivity contribution in [1.82, 2.24) is 9.88 Å². The third kappa shape index (κ3) is 3.88. The lowest BCUT2D eigenvalue weighted by atomic mass is 10.1. The van der Waals surface area contributed by atoms with Gasteiger partial charge in [-0.3, -0.25) is 0 Å². The van der Waals surface area contributed by atoms with Crippen LogP contribution in [0.5, 0.6) is 5.88 Å². The van der Waals surface area contributed by atoms with Gasteiger partial charge in [0, 0.05) is 5.54 Å². The number of halogens is 3. The Morgan fingerprint density at radius 1 is 1.24 bits per heavy atom. The van der Waals surface area contributed by atoms with E-state index in [-0.39, 0.29) is 10.7 Å². The lowest BCUT2D eigenvalue weighted by Crippen LogP contribution is -2.43. The highest BCUT2D eigenvalue weighted by molar-refractivity contribution is 6.42. The Kier molecular flexibility index (Phi) is 4.90. The Bertz CT molecular complexity index is 408. The Morgan fingerprint density at radius 2 is 1.82 bits per heavy atom. The van der Waals surface area contributed by atoms with E-state index in [9.17, 15) is 0 Å². The number of aromatic nitrogens is 1. The first-order valence-electron chi connectivity index (χ1n) is 5.06. The molecule has 0 aromatic carbocycles. The van der Waals surface area contributed by atoms with Crippen molar-refractivity contribution in [3.05, 3.63) is 21.3 Å². The molecule has 6 heteroatoms. The Balaban J connectivity index is 2.80. The van der Waals surface area contributed by atoms with Crippen molar-refractivity contribution < 1.29 is 4.74 Å². The Hall–Kier alpha value is -0.220. The van der Waals surface area contributed by atoms with Crippen molar-refractivity contribution in [3.8, 4) is 5.88 Å². The normalized spacial score (nSPS) is 12.0. The minimum Gasteiger partial charge on any atom is -0.475 e. The second-order valence-electron chi connectivity index (χ2n) is 4.54. The number of nitrogens with zero attached hydrogens (tertiary/aromatic N) is 2. The van der Waals surface area contributed by atoms with Crippen molar-refractivity contribution in [2.45, 2.75) is 19.4 Å². The molecule has 0 amide bonds. The lowest BCUT2D eigenvalue weighted by Gasteiger charge is -2.32. The molecule has 0 fully saturated rings. The minimum atomic E-state index is -0.128. The van der Waals surface area contributed by atoms with Crippen LogP contribution in [0.15, 0.2) is 6.07 Å². The van der Waals surface area contributed by atoms with Gasteiger partial charge in [0.25, 0.3) is 0 Å². The van der Waals surface area contributed by atoms with E-state index >= 15 is 0 Å². The molecule has 96 valence electrons. The van der Waals surface area contributed by atoms with Crippen LogP contribution in [0.4, 0.5) is 0 Å². The fourth-order valence-electron chi connectivity index (χ4n) is 0.904. The number of ether oxygens (including phenoxy) is 1. The van der Waals surface area contributed by atoms with Crippen molar-refractivity contribution in [3.63, 3.8) is 0 Å². The summed E-state index contributed by atoms with van der Waals surface area (Å²) in [6, 6.07) is 1.52. The predicted octanol–water partition coefficient (Wildman–Crippen LogP) is 3.76. The highest BCUT2D eigenvalue weighted by atomic mass is 35.5. The van der Waals surface area contributed by atoms with Crippen LogP contribution in [0, 0.1) is 0 Å². The van der Waals surface area contributed by atoms with E-state index in [0.717, 1.165) is 0 Å². The zero-order valence-electron chi connectivity index (χ0n) is 10.2. The summed E-state index contributed by atoms with van der Waals surface area (Å²) >= 11 is 17.6. The van der Waals surface area contributed by atoms with Crippen LogP contribution < -0.4 is 4.74 Å². The second kappa shape index (κ2) is 5.61. The SMILES string of the molecule is CN(C)C(C)(C)COc1nc(Cl)c(Cl)cc1Cl. The zero-order valence-corrected chi connectivity index (χ0v) is 12.5. The van der Waals surface area contributed by atoms with Gasteiger partial charge in [-0.05, 0) is 34.0 Å². The molecule has 1 aromatic heterocycles. The summed E-state index contributed by atoms with van der Waals surface area (Å²) in [5.41, 5.74) is -0.128. The molecule has 17 heavy (non-hydrogen) atoms. The van der Waals surface area contributed by atoms with E-state index in [0.29, 0.717) is 22.5 Å². The summed E-state index contributed by atoms with van der Waals surface area (Å²) < 4.78 is 5.57. The second-order valence-corrected chi connectivity index (χ2v) is 5.72. The minimum absolute atomic E-state index is 0.128. The van der Waals surface area contributed by atoms with Gasteiger partial charge in [-0.25, -0.2) is 0 Å². The predicted molar refractivity (Wildman–Crippen MR) is 72.5 cm³/mol. The summed E-state index contributed by atoms with van der Waals surface area (Å²) in [4.78, 5) is 6.05. The van der Waals surface area contributed by atoms with Gasteiger partial charge >= 0.3 is 0 Å². The number of rotatable bonds is 4. The van der Waals surface area contributed by atoms with Crippen LogP contribution in [0.3, 0.4) is 0 Å². The Morgan fingerprint density at radius 3 is 2.35 bits per heavy atom. The monoisotopic (exact) mass is 296 g/mol. The summed E-state index contributed by atoms with van der Waals surface area (Å²) in [5.74, 6) is 0.302. The molecule has 0 N–H and O–H groups in total. The molecule has 1 aromatic rings. The van der Waals surface area contributed by atoms with Crippen LogP contribution in [-0.4, -0.2) is 36.1 Å². The molecular weight excluding hydrogens is 282 g/mol. The molecule has 0 saturated carbocycles. The fourth-order valence-corrected chi connectivity index (χ4v) is 1.45. The van der Waals surface area contributed by atoms with Crippen LogP contribution >= 0.6 is 34.8 Å². The molecule has 1 rings (SSSR count). The van der Waals surface area contributed by atoms with E-state index in [1.165, 1.54) is 6.07 Å². The fraction of sp³-hybridized carbons (Fsp3) is 0.545. The first-order valence-corrected chi connectivity index (χ1v) is 6.19. The molecular formula is C11H15Cl3N2O. The summed E-state index contributed by atoms with van der Waals surface area (Å²) in [6.07, 6.45) is 0. The smallest absolute Gasteiger partial charge is 0.234 e. The standard InChI is InChI=1S/C11H15Cl3N2O/c1-11(2,16(3)4)6-17-10-8(13)5-7(12)9(14)15-10/h5H,6H2,1-4H3. The van der Waals surface area contributed by atoms with Gasteiger partial charge in [-0.2, -0.15) is 4.98 Å². The van der Waals surface area contributed by atoms with Gasteiger partial charge in [-0.1, -0.05) is 34.8 Å².